The predicted molar refractivity (Wildman–Crippen MR) is 138 cm³/mol. The van der Waals surface area contributed by atoms with Crippen LogP contribution in [-0.2, 0) is 0 Å². The molecule has 1 aliphatic carbocycles. The van der Waals surface area contributed by atoms with Crippen LogP contribution in [0, 0.1) is 29.6 Å². The Morgan fingerprint density at radius 3 is 2.17 bits per heavy atom. The van der Waals surface area contributed by atoms with Gasteiger partial charge in [0.1, 0.15) is 23.5 Å². The molecule has 0 fully saturated rings. The number of nitriles is 2. The van der Waals surface area contributed by atoms with Crippen molar-refractivity contribution >= 4 is 16.6 Å². The van der Waals surface area contributed by atoms with Gasteiger partial charge in [0, 0.05) is 22.3 Å². The number of hydrogen-bond donors (Lipinski definition) is 0. The quantitative estimate of drug-likeness (QED) is 0.289. The van der Waals surface area contributed by atoms with Crippen molar-refractivity contribution in [3.8, 4) is 46.0 Å². The normalized spacial score (nSPS) is 11.5. The molecule has 5 aromatic rings. The molecular weight excluding hydrogens is 446 g/mol. The number of methoxy groups -OCH3 is 1. The van der Waals surface area contributed by atoms with E-state index in [1.165, 1.54) is 0 Å². The van der Waals surface area contributed by atoms with Gasteiger partial charge in [0.25, 0.3) is 0 Å². The molecule has 6 heteroatoms. The molecule has 6 nitrogen and oxygen atoms in total. The highest BCUT2D eigenvalue weighted by Gasteiger charge is 2.33. The molecule has 0 spiro atoms. The number of rotatable bonds is 3. The second-order valence-corrected chi connectivity index (χ2v) is 8.49. The number of nitrogens with zero attached hydrogens (tertiary/aromatic N) is 5. The number of aromatic nitrogens is 3. The smallest absolute Gasteiger partial charge is 0.164 e. The van der Waals surface area contributed by atoms with Crippen molar-refractivity contribution in [3.05, 3.63) is 101 Å². The maximum atomic E-state index is 9.90. The Bertz CT molecular complexity index is 1770. The molecule has 2 heterocycles. The Morgan fingerprint density at radius 1 is 0.833 bits per heavy atom. The van der Waals surface area contributed by atoms with E-state index in [1.807, 2.05) is 90.5 Å². The number of hydrogen-bond acceptors (Lipinski definition) is 5. The summed E-state index contributed by atoms with van der Waals surface area (Å²) in [7, 11) is 1.63. The fourth-order valence-corrected chi connectivity index (χ4v) is 4.99. The lowest BCUT2D eigenvalue weighted by Gasteiger charge is -2.14. The number of aryl methyl sites for hydroxylation is 1. The van der Waals surface area contributed by atoms with E-state index in [9.17, 15) is 10.5 Å². The van der Waals surface area contributed by atoms with Crippen molar-refractivity contribution < 1.29 is 4.74 Å². The summed E-state index contributed by atoms with van der Waals surface area (Å²) in [4.78, 5) is 5.14. The summed E-state index contributed by atoms with van der Waals surface area (Å²) in [5, 5.41) is 25.6. The van der Waals surface area contributed by atoms with Gasteiger partial charge in [-0.15, -0.1) is 0 Å². The summed E-state index contributed by atoms with van der Waals surface area (Å²) in [6, 6.07) is 29.7. The average molecular weight is 466 g/mol. The molecule has 36 heavy (non-hydrogen) atoms. The van der Waals surface area contributed by atoms with Crippen LogP contribution in [0.25, 0.3) is 44.7 Å². The Labute approximate surface area is 208 Å². The zero-order chi connectivity index (χ0) is 24.8. The summed E-state index contributed by atoms with van der Waals surface area (Å²) in [6.45, 7) is 1.96. The van der Waals surface area contributed by atoms with Crippen LogP contribution < -0.4 is 4.74 Å². The van der Waals surface area contributed by atoms with Gasteiger partial charge in [-0.2, -0.15) is 15.6 Å². The van der Waals surface area contributed by atoms with E-state index < -0.39 is 0 Å². The second kappa shape index (κ2) is 8.23. The molecule has 1 aliphatic rings. The molecule has 0 aliphatic heterocycles. The van der Waals surface area contributed by atoms with Gasteiger partial charge in [-0.3, -0.25) is 0 Å². The summed E-state index contributed by atoms with van der Waals surface area (Å²) in [5.41, 5.74) is 8.15. The number of para-hydroxylation sites is 1. The monoisotopic (exact) mass is 465 g/mol. The van der Waals surface area contributed by atoms with Crippen LogP contribution in [0.4, 0.5) is 0 Å². The topological polar surface area (TPSA) is 87.5 Å². The van der Waals surface area contributed by atoms with Crippen LogP contribution in [-0.4, -0.2) is 21.9 Å². The molecule has 0 amide bonds. The number of allylic oxidation sites excluding steroid dienone is 1. The maximum absolute atomic E-state index is 9.90. The summed E-state index contributed by atoms with van der Waals surface area (Å²) in [5.74, 6) is 0.742. The molecule has 0 radical (unpaired) electrons. The van der Waals surface area contributed by atoms with Gasteiger partial charge < -0.3 is 4.74 Å². The largest absolute Gasteiger partial charge is 0.497 e. The third kappa shape index (κ3) is 3.02. The minimum absolute atomic E-state index is 0.0604. The fraction of sp³-hybridized carbons (Fsp3) is 0.0667. The first kappa shape index (κ1) is 21.3. The molecule has 0 saturated carbocycles. The van der Waals surface area contributed by atoms with Gasteiger partial charge in [0.2, 0.25) is 0 Å². The van der Waals surface area contributed by atoms with Gasteiger partial charge in [-0.1, -0.05) is 54.6 Å². The number of ether oxygens (including phenoxy) is 1. The zero-order valence-electron chi connectivity index (χ0n) is 19.6. The average Bonchev–Trinajstić information content (AvgIpc) is 3.44. The molecular formula is C30H19N5O. The lowest BCUT2D eigenvalue weighted by atomic mass is 9.90. The van der Waals surface area contributed by atoms with E-state index in [0.717, 1.165) is 61.7 Å². The predicted octanol–water partition coefficient (Wildman–Crippen LogP) is 6.23. The van der Waals surface area contributed by atoms with Crippen LogP contribution in [0.5, 0.6) is 5.75 Å². The second-order valence-electron chi connectivity index (χ2n) is 8.49. The molecule has 0 atom stereocenters. The fourth-order valence-electron chi connectivity index (χ4n) is 4.99. The van der Waals surface area contributed by atoms with Crippen molar-refractivity contribution in [2.24, 2.45) is 0 Å². The summed E-state index contributed by atoms with van der Waals surface area (Å²) < 4.78 is 7.25. The highest BCUT2D eigenvalue weighted by atomic mass is 16.5. The van der Waals surface area contributed by atoms with Crippen molar-refractivity contribution in [2.75, 3.05) is 7.11 Å². The van der Waals surface area contributed by atoms with E-state index in [0.29, 0.717) is 5.57 Å². The standard InChI is InChI=1S/C30H19N5O/c1-18-25-27(19-12-14-22(36-2)15-13-19)28-26(20(16-31)17-32)23-10-6-7-11-24(23)29(28)33-30(25)35(34-18)21-8-4-3-5-9-21/h3-15H,1-2H3. The Hall–Kier alpha value is -5.20. The molecule has 2 aromatic heterocycles. The van der Waals surface area contributed by atoms with E-state index in [2.05, 4.69) is 12.1 Å². The lowest BCUT2D eigenvalue weighted by Crippen LogP contribution is -2.00. The zero-order valence-corrected chi connectivity index (χ0v) is 19.6. The number of fused-ring (bicyclic) bond motifs is 4. The Kier molecular flexibility index (Phi) is 4.88. The van der Waals surface area contributed by atoms with Gasteiger partial charge in [0.05, 0.1) is 29.6 Å². The minimum Gasteiger partial charge on any atom is -0.497 e. The highest BCUT2D eigenvalue weighted by Crippen LogP contribution is 2.51. The van der Waals surface area contributed by atoms with Crippen molar-refractivity contribution in [3.63, 3.8) is 0 Å². The van der Waals surface area contributed by atoms with Crippen LogP contribution in [0.2, 0.25) is 0 Å². The van der Waals surface area contributed by atoms with Crippen molar-refractivity contribution in [1.82, 2.24) is 14.8 Å². The number of pyridine rings is 1. The molecule has 3 aromatic carbocycles. The van der Waals surface area contributed by atoms with Crippen LogP contribution in [0.15, 0.2) is 84.4 Å². The molecule has 0 N–H and O–H groups in total. The van der Waals surface area contributed by atoms with Crippen LogP contribution in [0.1, 0.15) is 16.8 Å². The highest BCUT2D eigenvalue weighted by molar-refractivity contribution is 6.13. The third-order valence-electron chi connectivity index (χ3n) is 6.55. The molecule has 170 valence electrons. The molecule has 0 saturated heterocycles. The molecule has 6 rings (SSSR count). The first-order valence-electron chi connectivity index (χ1n) is 11.4. The Morgan fingerprint density at radius 2 is 1.50 bits per heavy atom. The van der Waals surface area contributed by atoms with E-state index in [1.54, 1.807) is 7.11 Å². The third-order valence-corrected chi connectivity index (χ3v) is 6.55. The summed E-state index contributed by atoms with van der Waals surface area (Å²) in [6.07, 6.45) is 0. The first-order chi connectivity index (χ1) is 17.7. The number of benzene rings is 3. The molecule has 0 bridgehead atoms. The van der Waals surface area contributed by atoms with E-state index in [-0.39, 0.29) is 5.57 Å². The van der Waals surface area contributed by atoms with Gasteiger partial charge in [-0.25, -0.2) is 9.67 Å². The van der Waals surface area contributed by atoms with E-state index in [4.69, 9.17) is 14.8 Å². The minimum atomic E-state index is 0.0604. The maximum Gasteiger partial charge on any atom is 0.164 e. The van der Waals surface area contributed by atoms with Gasteiger partial charge in [0.15, 0.2) is 5.65 Å². The molecule has 0 unspecified atom stereocenters. The first-order valence-corrected chi connectivity index (χ1v) is 11.4. The van der Waals surface area contributed by atoms with Crippen LogP contribution >= 0.6 is 0 Å². The van der Waals surface area contributed by atoms with Crippen molar-refractivity contribution in [2.45, 2.75) is 6.92 Å². The van der Waals surface area contributed by atoms with Crippen LogP contribution in [0.3, 0.4) is 0 Å². The van der Waals surface area contributed by atoms with Crippen molar-refractivity contribution in [1.29, 1.82) is 10.5 Å². The SMILES string of the molecule is COc1ccc(-c2c3c(nc4c2c(C)nn4-c2ccccc2)-c2ccccc2C3=C(C#N)C#N)cc1. The van der Waals surface area contributed by atoms with Gasteiger partial charge >= 0.3 is 0 Å². The lowest BCUT2D eigenvalue weighted by molar-refractivity contribution is 0.415. The summed E-state index contributed by atoms with van der Waals surface area (Å²) >= 11 is 0. The Balaban J connectivity index is 1.82. The van der Waals surface area contributed by atoms with E-state index >= 15 is 0 Å². The van der Waals surface area contributed by atoms with Gasteiger partial charge in [-0.05, 0) is 42.3 Å².